The second-order valence-corrected chi connectivity index (χ2v) is 11.1. The third kappa shape index (κ3) is 6.13. The van der Waals surface area contributed by atoms with Crippen LogP contribution in [0.15, 0.2) is 54.6 Å². The van der Waals surface area contributed by atoms with E-state index < -0.39 is 11.8 Å². The highest BCUT2D eigenvalue weighted by molar-refractivity contribution is 5.98. The number of likely N-dealkylation sites (tertiary alicyclic amines) is 2. The number of hydrogen-bond acceptors (Lipinski definition) is 7. The molecule has 3 saturated heterocycles. The van der Waals surface area contributed by atoms with Crippen LogP contribution in [0.1, 0.15) is 48.5 Å². The SMILES string of the molecule is CCOC(=O)C1CCN(C(=O)C2COC3(CCN(C(=O)Cc4ccccc4)CC3)N2C(=O)c2ccc(OC)cc2)CC1. The lowest BCUT2D eigenvalue weighted by molar-refractivity contribution is -0.152. The fourth-order valence-electron chi connectivity index (χ4n) is 6.22. The zero-order valence-electron chi connectivity index (χ0n) is 24.3. The molecule has 3 aliphatic heterocycles. The highest BCUT2D eigenvalue weighted by Crippen LogP contribution is 2.39. The summed E-state index contributed by atoms with van der Waals surface area (Å²) in [5.41, 5.74) is 0.389. The molecule has 0 N–H and O–H groups in total. The molecular formula is C32H39N3O7. The van der Waals surface area contributed by atoms with Gasteiger partial charge in [0.15, 0.2) is 0 Å². The molecule has 3 heterocycles. The summed E-state index contributed by atoms with van der Waals surface area (Å²) in [5, 5.41) is 0. The Balaban J connectivity index is 1.32. The number of esters is 1. The summed E-state index contributed by atoms with van der Waals surface area (Å²) in [6, 6.07) is 15.6. The Morgan fingerprint density at radius 3 is 2.19 bits per heavy atom. The van der Waals surface area contributed by atoms with E-state index >= 15 is 0 Å². The number of methoxy groups -OCH3 is 1. The van der Waals surface area contributed by atoms with Gasteiger partial charge >= 0.3 is 5.97 Å². The number of benzene rings is 2. The van der Waals surface area contributed by atoms with Crippen molar-refractivity contribution in [3.63, 3.8) is 0 Å². The number of ether oxygens (including phenoxy) is 3. The van der Waals surface area contributed by atoms with Crippen molar-refractivity contribution in [1.29, 1.82) is 0 Å². The summed E-state index contributed by atoms with van der Waals surface area (Å²) >= 11 is 0. The third-order valence-electron chi connectivity index (χ3n) is 8.62. The van der Waals surface area contributed by atoms with E-state index in [9.17, 15) is 19.2 Å². The van der Waals surface area contributed by atoms with Crippen LogP contribution in [-0.2, 0) is 30.3 Å². The Hall–Kier alpha value is -3.92. The molecular weight excluding hydrogens is 538 g/mol. The minimum Gasteiger partial charge on any atom is -0.497 e. The van der Waals surface area contributed by atoms with Gasteiger partial charge in [-0.1, -0.05) is 30.3 Å². The zero-order valence-corrected chi connectivity index (χ0v) is 24.3. The van der Waals surface area contributed by atoms with E-state index in [0.717, 1.165) is 5.56 Å². The molecule has 0 bridgehead atoms. The Morgan fingerprint density at radius 1 is 0.905 bits per heavy atom. The largest absolute Gasteiger partial charge is 0.497 e. The van der Waals surface area contributed by atoms with Gasteiger partial charge in [-0.25, -0.2) is 0 Å². The first kappa shape index (κ1) is 29.6. The number of nitrogens with zero attached hydrogens (tertiary/aromatic N) is 3. The van der Waals surface area contributed by atoms with Gasteiger partial charge in [0.05, 0.1) is 32.7 Å². The normalized spacial score (nSPS) is 20.4. The minimum absolute atomic E-state index is 0.0270. The van der Waals surface area contributed by atoms with Crippen molar-refractivity contribution in [2.75, 3.05) is 46.5 Å². The molecule has 0 aliphatic carbocycles. The van der Waals surface area contributed by atoms with Crippen LogP contribution >= 0.6 is 0 Å². The third-order valence-corrected chi connectivity index (χ3v) is 8.62. The number of rotatable bonds is 7. The monoisotopic (exact) mass is 577 g/mol. The molecule has 5 rings (SSSR count). The predicted molar refractivity (Wildman–Crippen MR) is 154 cm³/mol. The first-order chi connectivity index (χ1) is 20.3. The van der Waals surface area contributed by atoms with Crippen LogP contribution in [-0.4, -0.2) is 96.7 Å². The van der Waals surface area contributed by atoms with Gasteiger partial charge in [0.1, 0.15) is 17.5 Å². The van der Waals surface area contributed by atoms with Crippen molar-refractivity contribution in [3.05, 3.63) is 65.7 Å². The molecule has 3 aliphatic rings. The van der Waals surface area contributed by atoms with Crippen molar-refractivity contribution in [3.8, 4) is 5.75 Å². The van der Waals surface area contributed by atoms with E-state index in [0.29, 0.717) is 76.2 Å². The van der Waals surface area contributed by atoms with Gasteiger partial charge in [0.25, 0.3) is 5.91 Å². The maximum absolute atomic E-state index is 14.1. The topological polar surface area (TPSA) is 106 Å². The summed E-state index contributed by atoms with van der Waals surface area (Å²) in [7, 11) is 1.56. The first-order valence-corrected chi connectivity index (χ1v) is 14.7. The molecule has 10 nitrogen and oxygen atoms in total. The molecule has 224 valence electrons. The molecule has 2 aromatic carbocycles. The Labute approximate surface area is 246 Å². The summed E-state index contributed by atoms with van der Waals surface area (Å²) in [6.07, 6.45) is 2.17. The Bertz CT molecular complexity index is 1270. The van der Waals surface area contributed by atoms with Crippen molar-refractivity contribution >= 4 is 23.7 Å². The summed E-state index contributed by atoms with van der Waals surface area (Å²) < 4.78 is 16.8. The fraction of sp³-hybridized carbons (Fsp3) is 0.500. The van der Waals surface area contributed by atoms with Gasteiger partial charge < -0.3 is 24.0 Å². The minimum atomic E-state index is -0.996. The number of carbonyl (C=O) groups is 4. The molecule has 2 aromatic rings. The van der Waals surface area contributed by atoms with Crippen LogP contribution in [0.3, 0.4) is 0 Å². The van der Waals surface area contributed by atoms with Crippen LogP contribution in [0.2, 0.25) is 0 Å². The van der Waals surface area contributed by atoms with Gasteiger partial charge in [0, 0.05) is 44.6 Å². The standard InChI is InChI=1S/C32H39N3O7/c1-3-41-31(39)25-13-17-34(18-14-25)30(38)27-22-42-32(35(27)29(37)24-9-11-26(40-2)12-10-24)15-19-33(20-16-32)28(36)21-23-7-5-4-6-8-23/h4-12,25,27H,3,13-22H2,1-2H3. The van der Waals surface area contributed by atoms with Crippen molar-refractivity contribution in [2.24, 2.45) is 5.92 Å². The lowest BCUT2D eigenvalue weighted by atomic mass is 9.94. The lowest BCUT2D eigenvalue weighted by Gasteiger charge is -2.45. The molecule has 0 aromatic heterocycles. The van der Waals surface area contributed by atoms with Crippen molar-refractivity contribution < 1.29 is 33.4 Å². The number of piperidine rings is 2. The quantitative estimate of drug-likeness (QED) is 0.466. The van der Waals surface area contributed by atoms with E-state index in [1.165, 1.54) is 0 Å². The average molecular weight is 578 g/mol. The summed E-state index contributed by atoms with van der Waals surface area (Å²) in [5.74, 6) is -0.273. The molecule has 42 heavy (non-hydrogen) atoms. The Kier molecular flexibility index (Phi) is 9.11. The van der Waals surface area contributed by atoms with E-state index in [4.69, 9.17) is 14.2 Å². The van der Waals surface area contributed by atoms with Gasteiger partial charge in [-0.3, -0.25) is 24.1 Å². The highest BCUT2D eigenvalue weighted by Gasteiger charge is 2.55. The summed E-state index contributed by atoms with van der Waals surface area (Å²) in [6.45, 7) is 3.86. The smallest absolute Gasteiger partial charge is 0.309 e. The second-order valence-electron chi connectivity index (χ2n) is 11.1. The van der Waals surface area contributed by atoms with Gasteiger partial charge in [-0.05, 0) is 49.6 Å². The van der Waals surface area contributed by atoms with Crippen LogP contribution < -0.4 is 4.74 Å². The maximum atomic E-state index is 14.1. The van der Waals surface area contributed by atoms with Crippen LogP contribution in [0, 0.1) is 5.92 Å². The van der Waals surface area contributed by atoms with Crippen LogP contribution in [0.25, 0.3) is 0 Å². The molecule has 1 atom stereocenters. The summed E-state index contributed by atoms with van der Waals surface area (Å²) in [4.78, 5) is 58.4. The van der Waals surface area contributed by atoms with Gasteiger partial charge in [-0.2, -0.15) is 0 Å². The highest BCUT2D eigenvalue weighted by atomic mass is 16.5. The van der Waals surface area contributed by atoms with Crippen LogP contribution in [0.4, 0.5) is 0 Å². The fourth-order valence-corrected chi connectivity index (χ4v) is 6.22. The molecule has 1 unspecified atom stereocenters. The second kappa shape index (κ2) is 12.9. The van der Waals surface area contributed by atoms with Gasteiger partial charge in [-0.15, -0.1) is 0 Å². The molecule has 0 saturated carbocycles. The Morgan fingerprint density at radius 2 is 1.57 bits per heavy atom. The molecule has 0 radical (unpaired) electrons. The molecule has 3 amide bonds. The van der Waals surface area contributed by atoms with Gasteiger partial charge in [0.2, 0.25) is 11.8 Å². The molecule has 1 spiro atoms. The van der Waals surface area contributed by atoms with E-state index in [2.05, 4.69) is 0 Å². The molecule has 10 heteroatoms. The number of amides is 3. The van der Waals surface area contributed by atoms with E-state index in [-0.39, 0.29) is 36.2 Å². The first-order valence-electron chi connectivity index (χ1n) is 14.7. The van der Waals surface area contributed by atoms with Crippen LogP contribution in [0.5, 0.6) is 5.75 Å². The maximum Gasteiger partial charge on any atom is 0.309 e. The molecule has 3 fully saturated rings. The lowest BCUT2D eigenvalue weighted by Crippen LogP contribution is -2.60. The zero-order chi connectivity index (χ0) is 29.7. The van der Waals surface area contributed by atoms with E-state index in [1.54, 1.807) is 48.1 Å². The van der Waals surface area contributed by atoms with Crippen molar-refractivity contribution in [2.45, 2.75) is 50.8 Å². The average Bonchev–Trinajstić information content (AvgIpc) is 3.39. The predicted octanol–water partition coefficient (Wildman–Crippen LogP) is 2.90. The van der Waals surface area contributed by atoms with Crippen molar-refractivity contribution in [1.82, 2.24) is 14.7 Å². The number of hydrogen-bond donors (Lipinski definition) is 0. The van der Waals surface area contributed by atoms with E-state index in [1.807, 2.05) is 35.2 Å². The number of carbonyl (C=O) groups excluding carboxylic acids is 4.